The highest BCUT2D eigenvalue weighted by Gasteiger charge is 2.43. The van der Waals surface area contributed by atoms with Gasteiger partial charge in [-0.05, 0) is 0 Å². The molecule has 0 aliphatic carbocycles. The van der Waals surface area contributed by atoms with Crippen molar-refractivity contribution in [3.63, 3.8) is 0 Å². The fourth-order valence-corrected chi connectivity index (χ4v) is 1.84. The molecular weight excluding hydrogens is 496 g/mol. The van der Waals surface area contributed by atoms with Gasteiger partial charge in [-0.3, -0.25) is 9.59 Å². The Morgan fingerprint density at radius 2 is 1.14 bits per heavy atom. The van der Waals surface area contributed by atoms with Crippen LogP contribution >= 0.6 is 47.8 Å². The van der Waals surface area contributed by atoms with Crippen molar-refractivity contribution in [1.29, 1.82) is 0 Å². The van der Waals surface area contributed by atoms with Crippen LogP contribution in [0.5, 0.6) is 0 Å². The molecule has 0 heterocycles. The molecule has 0 amide bonds. The Balaban J connectivity index is 4.83. The van der Waals surface area contributed by atoms with Gasteiger partial charge in [0.05, 0.1) is 12.8 Å². The van der Waals surface area contributed by atoms with E-state index in [0.29, 0.717) is 16.0 Å². The van der Waals surface area contributed by atoms with E-state index >= 15 is 0 Å². The lowest BCUT2D eigenvalue weighted by molar-refractivity contribution is -0.177. The molecule has 0 aromatic carbocycles. The number of carbonyl (C=O) groups excluding carboxylic acids is 3. The predicted molar refractivity (Wildman–Crippen MR) is 88.4 cm³/mol. The third-order valence-electron chi connectivity index (χ3n) is 2.24. The van der Waals surface area contributed by atoms with Crippen LogP contribution in [0.1, 0.15) is 12.8 Å². The van der Waals surface area contributed by atoms with Gasteiger partial charge in [0.2, 0.25) is 0 Å². The van der Waals surface area contributed by atoms with E-state index in [0.717, 1.165) is 0 Å². The Morgan fingerprint density at radius 3 is 1.50 bits per heavy atom. The second-order valence-corrected chi connectivity index (χ2v) is 6.41. The summed E-state index contributed by atoms with van der Waals surface area (Å²) in [6.45, 7) is 0.160. The minimum Gasteiger partial charge on any atom is -0.465 e. The minimum atomic E-state index is -2.31. The van der Waals surface area contributed by atoms with Crippen LogP contribution in [0, 0.1) is 0 Å². The SMILES string of the molecule is O=C(CC(O)(CC(=O)OCCBr)C(=O)OCCBr)OCCBr. The molecule has 0 atom stereocenters. The maximum Gasteiger partial charge on any atom is 0.339 e. The van der Waals surface area contributed by atoms with E-state index in [1.807, 2.05) is 0 Å². The van der Waals surface area contributed by atoms with Gasteiger partial charge in [-0.25, -0.2) is 4.79 Å². The van der Waals surface area contributed by atoms with Crippen LogP contribution in [0.3, 0.4) is 0 Å². The van der Waals surface area contributed by atoms with Crippen molar-refractivity contribution in [3.8, 4) is 0 Å². The molecule has 0 rings (SSSR count). The third-order valence-corrected chi connectivity index (χ3v) is 3.22. The van der Waals surface area contributed by atoms with Gasteiger partial charge in [0.15, 0.2) is 5.60 Å². The molecule has 0 spiro atoms. The van der Waals surface area contributed by atoms with Gasteiger partial charge < -0.3 is 19.3 Å². The van der Waals surface area contributed by atoms with Crippen LogP contribution in [0.2, 0.25) is 0 Å². The highest BCUT2D eigenvalue weighted by atomic mass is 79.9. The van der Waals surface area contributed by atoms with E-state index in [4.69, 9.17) is 14.2 Å². The van der Waals surface area contributed by atoms with E-state index in [1.54, 1.807) is 0 Å². The second-order valence-electron chi connectivity index (χ2n) is 4.03. The van der Waals surface area contributed by atoms with Crippen LogP contribution in [0.4, 0.5) is 0 Å². The van der Waals surface area contributed by atoms with Crippen LogP contribution < -0.4 is 0 Å². The van der Waals surface area contributed by atoms with Crippen molar-refractivity contribution in [2.75, 3.05) is 35.8 Å². The van der Waals surface area contributed by atoms with Crippen molar-refractivity contribution in [1.82, 2.24) is 0 Å². The van der Waals surface area contributed by atoms with Crippen LogP contribution in [-0.2, 0) is 28.6 Å². The molecule has 0 radical (unpaired) electrons. The van der Waals surface area contributed by atoms with Crippen molar-refractivity contribution in [3.05, 3.63) is 0 Å². The van der Waals surface area contributed by atoms with E-state index in [2.05, 4.69) is 47.8 Å². The van der Waals surface area contributed by atoms with Crippen LogP contribution in [0.15, 0.2) is 0 Å². The molecule has 0 fully saturated rings. The minimum absolute atomic E-state index is 0.00591. The standard InChI is InChI=1S/C12H17Br3O7/c13-1-4-20-9(16)7-12(19,11(18)22-6-3-15)8-10(17)21-5-2-14/h19H,1-8H2. The Bertz CT molecular complexity index is 354. The summed E-state index contributed by atoms with van der Waals surface area (Å²) in [4.78, 5) is 35.1. The van der Waals surface area contributed by atoms with Crippen molar-refractivity contribution >= 4 is 65.7 Å². The van der Waals surface area contributed by atoms with Crippen LogP contribution in [-0.4, -0.2) is 64.4 Å². The Kier molecular flexibility index (Phi) is 12.2. The zero-order chi connectivity index (χ0) is 17.0. The van der Waals surface area contributed by atoms with Gasteiger partial charge in [0.25, 0.3) is 0 Å². The largest absolute Gasteiger partial charge is 0.465 e. The number of ether oxygens (including phenoxy) is 3. The molecule has 0 saturated heterocycles. The lowest BCUT2D eigenvalue weighted by Gasteiger charge is -2.24. The molecule has 0 aliphatic heterocycles. The first-order valence-corrected chi connectivity index (χ1v) is 9.64. The lowest BCUT2D eigenvalue weighted by atomic mass is 9.95. The maximum absolute atomic E-state index is 11.9. The molecule has 7 nitrogen and oxygen atoms in total. The topological polar surface area (TPSA) is 99.1 Å². The molecule has 128 valence electrons. The van der Waals surface area contributed by atoms with Gasteiger partial charge in [-0.15, -0.1) is 0 Å². The first-order valence-electron chi connectivity index (χ1n) is 6.28. The molecule has 10 heteroatoms. The molecule has 1 N–H and O–H groups in total. The second kappa shape index (κ2) is 12.3. The summed E-state index contributed by atoms with van der Waals surface area (Å²) in [7, 11) is 0. The summed E-state index contributed by atoms with van der Waals surface area (Å²) in [6.07, 6.45) is -1.38. The number of hydrogen-bond donors (Lipinski definition) is 1. The van der Waals surface area contributed by atoms with Gasteiger partial charge in [0, 0.05) is 16.0 Å². The number of esters is 3. The summed E-state index contributed by atoms with van der Waals surface area (Å²) in [5, 5.41) is 11.5. The number of rotatable bonds is 11. The Labute approximate surface area is 153 Å². The van der Waals surface area contributed by atoms with Crippen molar-refractivity contribution in [2.24, 2.45) is 0 Å². The number of hydrogen-bond acceptors (Lipinski definition) is 7. The molecule has 0 saturated carbocycles. The lowest BCUT2D eigenvalue weighted by Crippen LogP contribution is -2.45. The molecule has 0 unspecified atom stereocenters. The first-order chi connectivity index (χ1) is 10.4. The van der Waals surface area contributed by atoms with E-state index in [9.17, 15) is 19.5 Å². The van der Waals surface area contributed by atoms with E-state index in [-0.39, 0.29) is 19.8 Å². The molecule has 0 aromatic rings. The van der Waals surface area contributed by atoms with Crippen molar-refractivity contribution in [2.45, 2.75) is 18.4 Å². The van der Waals surface area contributed by atoms with Gasteiger partial charge in [-0.1, -0.05) is 47.8 Å². The fraction of sp³-hybridized carbons (Fsp3) is 0.750. The fourth-order valence-electron chi connectivity index (χ4n) is 1.36. The van der Waals surface area contributed by atoms with Gasteiger partial charge in [-0.2, -0.15) is 0 Å². The normalized spacial score (nSPS) is 10.9. The van der Waals surface area contributed by atoms with Gasteiger partial charge >= 0.3 is 17.9 Å². The summed E-state index contributed by atoms with van der Waals surface area (Å²) in [6, 6.07) is 0. The summed E-state index contributed by atoms with van der Waals surface area (Å²) >= 11 is 9.21. The van der Waals surface area contributed by atoms with E-state index < -0.39 is 36.4 Å². The Morgan fingerprint density at radius 1 is 0.773 bits per heavy atom. The zero-order valence-electron chi connectivity index (χ0n) is 11.7. The number of alkyl halides is 3. The molecule has 0 bridgehead atoms. The maximum atomic E-state index is 11.9. The number of aliphatic hydroxyl groups is 1. The molecule has 0 aliphatic rings. The number of carbonyl (C=O) groups is 3. The number of halogens is 3. The first kappa shape index (κ1) is 21.8. The summed E-state index contributed by atoms with van der Waals surface area (Å²) < 4.78 is 14.4. The summed E-state index contributed by atoms with van der Waals surface area (Å²) in [5.41, 5.74) is -2.31. The molecule has 22 heavy (non-hydrogen) atoms. The summed E-state index contributed by atoms with van der Waals surface area (Å²) in [5.74, 6) is -2.70. The Hall–Kier alpha value is -0.190. The zero-order valence-corrected chi connectivity index (χ0v) is 16.4. The quantitative estimate of drug-likeness (QED) is 0.253. The predicted octanol–water partition coefficient (Wildman–Crippen LogP) is 1.31. The highest BCUT2D eigenvalue weighted by molar-refractivity contribution is 9.09. The van der Waals surface area contributed by atoms with Crippen LogP contribution in [0.25, 0.3) is 0 Å². The van der Waals surface area contributed by atoms with E-state index in [1.165, 1.54) is 0 Å². The average Bonchev–Trinajstić information content (AvgIpc) is 2.48. The highest BCUT2D eigenvalue weighted by Crippen LogP contribution is 2.20. The smallest absolute Gasteiger partial charge is 0.339 e. The van der Waals surface area contributed by atoms with Crippen molar-refractivity contribution < 1.29 is 33.7 Å². The molecule has 0 aromatic heterocycles. The van der Waals surface area contributed by atoms with Gasteiger partial charge in [0.1, 0.15) is 19.8 Å². The third kappa shape index (κ3) is 9.06. The monoisotopic (exact) mass is 510 g/mol. The molecular formula is C12H17Br3O7. The average molecular weight is 513 g/mol.